The molecule has 0 aliphatic heterocycles. The van der Waals surface area contributed by atoms with Gasteiger partial charge in [-0.05, 0) is 31.6 Å². The van der Waals surface area contributed by atoms with E-state index in [4.69, 9.17) is 0 Å². The Hall–Kier alpha value is -0.990. The molecule has 3 nitrogen and oxygen atoms in total. The zero-order valence-electron chi connectivity index (χ0n) is 8.61. The lowest BCUT2D eigenvalue weighted by Crippen LogP contribution is -2.22. The van der Waals surface area contributed by atoms with E-state index in [1.807, 2.05) is 6.20 Å². The van der Waals surface area contributed by atoms with Crippen LogP contribution in [0, 0.1) is 5.92 Å². The maximum atomic E-state index is 10.9. The second-order valence-corrected chi connectivity index (χ2v) is 4.21. The molecular weight excluding hydrogens is 178 g/mol. The lowest BCUT2D eigenvalue weighted by atomic mass is 10.3. The Morgan fingerprint density at radius 2 is 2.14 bits per heavy atom. The van der Waals surface area contributed by atoms with Crippen molar-refractivity contribution in [2.75, 3.05) is 13.7 Å². The van der Waals surface area contributed by atoms with Crippen molar-refractivity contribution in [1.82, 2.24) is 4.90 Å². The average molecular weight is 195 g/mol. The van der Waals surface area contributed by atoms with Crippen molar-refractivity contribution >= 4 is 5.97 Å². The predicted molar refractivity (Wildman–Crippen MR) is 53.6 cm³/mol. The van der Waals surface area contributed by atoms with E-state index in [1.165, 1.54) is 38.9 Å². The number of methoxy groups -OCH3 is 1. The van der Waals surface area contributed by atoms with E-state index in [0.717, 1.165) is 12.5 Å². The Morgan fingerprint density at radius 3 is 2.64 bits per heavy atom. The van der Waals surface area contributed by atoms with Gasteiger partial charge in [0.15, 0.2) is 0 Å². The first-order valence-corrected chi connectivity index (χ1v) is 5.31. The summed E-state index contributed by atoms with van der Waals surface area (Å²) in [4.78, 5) is 13.2. The Kier molecular flexibility index (Phi) is 2.75. The molecule has 2 rings (SSSR count). The van der Waals surface area contributed by atoms with Gasteiger partial charge in [0, 0.05) is 24.9 Å². The molecule has 2 saturated carbocycles. The van der Waals surface area contributed by atoms with Gasteiger partial charge in [-0.2, -0.15) is 0 Å². The monoisotopic (exact) mass is 195 g/mol. The summed E-state index contributed by atoms with van der Waals surface area (Å²) < 4.78 is 4.57. The van der Waals surface area contributed by atoms with Gasteiger partial charge in [-0.3, -0.25) is 0 Å². The first-order valence-electron chi connectivity index (χ1n) is 5.31. The van der Waals surface area contributed by atoms with Crippen LogP contribution in [0.4, 0.5) is 0 Å². The number of carbonyl (C=O) groups excluding carboxylic acids is 1. The SMILES string of the molecule is COC(=O)C=CN(CC1CC1)C1CC1. The van der Waals surface area contributed by atoms with E-state index in [9.17, 15) is 4.79 Å². The molecule has 0 radical (unpaired) electrons. The lowest BCUT2D eigenvalue weighted by molar-refractivity contribution is -0.134. The molecule has 0 spiro atoms. The summed E-state index contributed by atoms with van der Waals surface area (Å²) in [5, 5.41) is 0. The van der Waals surface area contributed by atoms with Gasteiger partial charge in [0.25, 0.3) is 0 Å². The first-order chi connectivity index (χ1) is 6.79. The Bertz CT molecular complexity index is 242. The molecule has 0 aromatic heterocycles. The maximum absolute atomic E-state index is 10.9. The Morgan fingerprint density at radius 1 is 1.43 bits per heavy atom. The molecule has 0 amide bonds. The zero-order chi connectivity index (χ0) is 9.97. The third-order valence-corrected chi connectivity index (χ3v) is 2.79. The Labute approximate surface area is 84.7 Å². The second-order valence-electron chi connectivity index (χ2n) is 4.21. The van der Waals surface area contributed by atoms with E-state index in [0.29, 0.717) is 6.04 Å². The molecule has 0 unspecified atom stereocenters. The van der Waals surface area contributed by atoms with Crippen LogP contribution in [0.15, 0.2) is 12.3 Å². The van der Waals surface area contributed by atoms with E-state index in [-0.39, 0.29) is 5.97 Å². The highest BCUT2D eigenvalue weighted by atomic mass is 16.5. The molecule has 2 aliphatic rings. The molecule has 0 bridgehead atoms. The van der Waals surface area contributed by atoms with Crippen LogP contribution in [-0.4, -0.2) is 30.6 Å². The van der Waals surface area contributed by atoms with Crippen molar-refractivity contribution in [3.05, 3.63) is 12.3 Å². The molecule has 78 valence electrons. The van der Waals surface area contributed by atoms with Crippen LogP contribution in [0.25, 0.3) is 0 Å². The summed E-state index contributed by atoms with van der Waals surface area (Å²) >= 11 is 0. The number of nitrogens with zero attached hydrogens (tertiary/aromatic N) is 1. The number of rotatable bonds is 5. The molecule has 3 heteroatoms. The fourth-order valence-electron chi connectivity index (χ4n) is 1.56. The maximum Gasteiger partial charge on any atom is 0.331 e. The molecule has 0 heterocycles. The van der Waals surface area contributed by atoms with E-state index < -0.39 is 0 Å². The molecule has 0 saturated heterocycles. The zero-order valence-corrected chi connectivity index (χ0v) is 8.61. The van der Waals surface area contributed by atoms with Crippen molar-refractivity contribution in [3.63, 3.8) is 0 Å². The van der Waals surface area contributed by atoms with Crippen molar-refractivity contribution in [3.8, 4) is 0 Å². The third-order valence-electron chi connectivity index (χ3n) is 2.79. The molecule has 14 heavy (non-hydrogen) atoms. The van der Waals surface area contributed by atoms with Crippen molar-refractivity contribution in [1.29, 1.82) is 0 Å². The highest BCUT2D eigenvalue weighted by molar-refractivity contribution is 5.81. The quantitative estimate of drug-likeness (QED) is 0.492. The molecule has 0 aromatic rings. The van der Waals surface area contributed by atoms with Crippen LogP contribution in [0.3, 0.4) is 0 Å². The van der Waals surface area contributed by atoms with Gasteiger partial charge < -0.3 is 9.64 Å². The minimum Gasteiger partial charge on any atom is -0.466 e. The molecular formula is C11H17NO2. The van der Waals surface area contributed by atoms with Crippen molar-refractivity contribution < 1.29 is 9.53 Å². The van der Waals surface area contributed by atoms with Gasteiger partial charge in [0.1, 0.15) is 0 Å². The van der Waals surface area contributed by atoms with Crippen molar-refractivity contribution in [2.45, 2.75) is 31.7 Å². The molecule has 2 fully saturated rings. The third kappa shape index (κ3) is 2.76. The van der Waals surface area contributed by atoms with Gasteiger partial charge in [-0.25, -0.2) is 4.79 Å². The van der Waals surface area contributed by atoms with Crippen LogP contribution in [0.1, 0.15) is 25.7 Å². The van der Waals surface area contributed by atoms with E-state index >= 15 is 0 Å². The molecule has 0 aromatic carbocycles. The minimum absolute atomic E-state index is 0.258. The fourth-order valence-corrected chi connectivity index (χ4v) is 1.56. The van der Waals surface area contributed by atoms with Gasteiger partial charge in [-0.1, -0.05) is 0 Å². The van der Waals surface area contributed by atoms with E-state index in [2.05, 4.69) is 9.64 Å². The topological polar surface area (TPSA) is 29.5 Å². The number of hydrogen-bond donors (Lipinski definition) is 0. The normalized spacial score (nSPS) is 21.2. The minimum atomic E-state index is -0.258. The molecule has 2 aliphatic carbocycles. The highest BCUT2D eigenvalue weighted by Crippen LogP contribution is 2.34. The largest absolute Gasteiger partial charge is 0.466 e. The number of hydrogen-bond acceptors (Lipinski definition) is 3. The van der Waals surface area contributed by atoms with Gasteiger partial charge in [0.2, 0.25) is 0 Å². The summed E-state index contributed by atoms with van der Waals surface area (Å²) in [6.07, 6.45) is 8.70. The van der Waals surface area contributed by atoms with Crippen molar-refractivity contribution in [2.24, 2.45) is 5.92 Å². The summed E-state index contributed by atoms with van der Waals surface area (Å²) in [7, 11) is 1.41. The van der Waals surface area contributed by atoms with Gasteiger partial charge in [-0.15, -0.1) is 0 Å². The number of esters is 1. The summed E-state index contributed by atoms with van der Waals surface area (Å²) in [5.74, 6) is 0.615. The molecule has 0 atom stereocenters. The number of ether oxygens (including phenoxy) is 1. The second kappa shape index (κ2) is 4.03. The lowest BCUT2D eigenvalue weighted by Gasteiger charge is -2.19. The van der Waals surface area contributed by atoms with Crippen LogP contribution in [0.5, 0.6) is 0 Å². The Balaban J connectivity index is 1.82. The van der Waals surface area contributed by atoms with Gasteiger partial charge >= 0.3 is 5.97 Å². The van der Waals surface area contributed by atoms with E-state index in [1.54, 1.807) is 0 Å². The smallest absolute Gasteiger partial charge is 0.331 e. The van der Waals surface area contributed by atoms with Crippen LogP contribution >= 0.6 is 0 Å². The fraction of sp³-hybridized carbons (Fsp3) is 0.727. The number of carbonyl (C=O) groups is 1. The first kappa shape index (κ1) is 9.56. The average Bonchev–Trinajstić information content (AvgIpc) is 3.02. The highest BCUT2D eigenvalue weighted by Gasteiger charge is 2.31. The summed E-state index contributed by atoms with van der Waals surface area (Å²) in [6, 6.07) is 0.691. The molecule has 0 N–H and O–H groups in total. The van der Waals surface area contributed by atoms with Crippen LogP contribution in [0.2, 0.25) is 0 Å². The van der Waals surface area contributed by atoms with Gasteiger partial charge in [0.05, 0.1) is 7.11 Å². The predicted octanol–water partition coefficient (Wildman–Crippen LogP) is 1.55. The standard InChI is InChI=1S/C11H17NO2/c1-14-11(13)6-7-12(10-4-5-10)8-9-2-3-9/h6-7,9-10H,2-5,8H2,1H3. The summed E-state index contributed by atoms with van der Waals surface area (Å²) in [6.45, 7) is 1.12. The van der Waals surface area contributed by atoms with Crippen LogP contribution in [-0.2, 0) is 9.53 Å². The van der Waals surface area contributed by atoms with Crippen LogP contribution < -0.4 is 0 Å². The summed E-state index contributed by atoms with van der Waals surface area (Å²) in [5.41, 5.74) is 0.